The standard InChI is InChI=1S/C24H25Cl2IN4O6/c1-2-35-20-7-14(11-29-31-24(34)23(33)28-12-18-4-3-5-36-18)6-19(27)22(20)37-13-21(32)30-17-9-15(25)8-16(26)10-17/h6-11,18H,2-5,12-13H2,1H3,(H,28,33)(H,30,32)(H,31,34)/b29-11-/t18-/m1/s1. The van der Waals surface area contributed by atoms with Crippen molar-refractivity contribution >= 4 is 75.4 Å². The first-order valence-electron chi connectivity index (χ1n) is 11.3. The fourth-order valence-corrected chi connectivity index (χ4v) is 4.64. The minimum Gasteiger partial charge on any atom is -0.490 e. The second-order valence-electron chi connectivity index (χ2n) is 7.80. The summed E-state index contributed by atoms with van der Waals surface area (Å²) < 4.78 is 17.4. The average Bonchev–Trinajstić information content (AvgIpc) is 3.35. The molecule has 2 aromatic rings. The van der Waals surface area contributed by atoms with Crippen molar-refractivity contribution in [1.29, 1.82) is 0 Å². The van der Waals surface area contributed by atoms with Gasteiger partial charge in [-0.1, -0.05) is 23.2 Å². The molecule has 1 saturated heterocycles. The summed E-state index contributed by atoms with van der Waals surface area (Å²) in [7, 11) is 0. The molecule has 198 valence electrons. The van der Waals surface area contributed by atoms with Gasteiger partial charge in [0.1, 0.15) is 0 Å². The van der Waals surface area contributed by atoms with Gasteiger partial charge in [-0.2, -0.15) is 5.10 Å². The number of ether oxygens (including phenoxy) is 3. The van der Waals surface area contributed by atoms with E-state index < -0.39 is 17.7 Å². The highest BCUT2D eigenvalue weighted by Crippen LogP contribution is 2.34. The molecule has 1 heterocycles. The summed E-state index contributed by atoms with van der Waals surface area (Å²) in [5.74, 6) is -1.34. The monoisotopic (exact) mass is 662 g/mol. The van der Waals surface area contributed by atoms with Crippen LogP contribution in [0.15, 0.2) is 35.4 Å². The molecule has 1 fully saturated rings. The number of benzene rings is 2. The first-order valence-corrected chi connectivity index (χ1v) is 13.2. The highest BCUT2D eigenvalue weighted by Gasteiger charge is 2.19. The molecule has 3 rings (SSSR count). The van der Waals surface area contributed by atoms with E-state index in [4.69, 9.17) is 37.4 Å². The van der Waals surface area contributed by atoms with Crippen LogP contribution in [-0.2, 0) is 19.1 Å². The molecule has 0 radical (unpaired) electrons. The van der Waals surface area contributed by atoms with Gasteiger partial charge in [0.15, 0.2) is 18.1 Å². The molecule has 0 aromatic heterocycles. The maximum absolute atomic E-state index is 12.4. The molecule has 3 amide bonds. The number of rotatable bonds is 10. The zero-order valence-corrected chi connectivity index (χ0v) is 23.5. The summed E-state index contributed by atoms with van der Waals surface area (Å²) in [5.41, 5.74) is 3.22. The van der Waals surface area contributed by atoms with E-state index in [0.717, 1.165) is 12.8 Å². The zero-order valence-electron chi connectivity index (χ0n) is 19.8. The predicted octanol–water partition coefficient (Wildman–Crippen LogP) is 3.76. The Bertz CT molecular complexity index is 1150. The van der Waals surface area contributed by atoms with Crippen molar-refractivity contribution in [2.45, 2.75) is 25.9 Å². The minimum absolute atomic E-state index is 0.0681. The number of hydrazone groups is 1. The van der Waals surface area contributed by atoms with Gasteiger partial charge in [-0.15, -0.1) is 0 Å². The van der Waals surface area contributed by atoms with Crippen molar-refractivity contribution in [3.8, 4) is 11.5 Å². The van der Waals surface area contributed by atoms with E-state index in [1.165, 1.54) is 6.21 Å². The van der Waals surface area contributed by atoms with Crippen molar-refractivity contribution < 1.29 is 28.6 Å². The summed E-state index contributed by atoms with van der Waals surface area (Å²) in [5, 5.41) is 9.83. The first-order chi connectivity index (χ1) is 17.7. The van der Waals surface area contributed by atoms with Gasteiger partial charge in [0.2, 0.25) is 0 Å². The number of carbonyl (C=O) groups excluding carboxylic acids is 3. The third-order valence-electron chi connectivity index (χ3n) is 4.93. The Morgan fingerprint density at radius 1 is 1.14 bits per heavy atom. The molecule has 2 aromatic carbocycles. The Labute approximate surface area is 237 Å². The van der Waals surface area contributed by atoms with Crippen LogP contribution >= 0.6 is 45.8 Å². The van der Waals surface area contributed by atoms with Gasteiger partial charge in [-0.3, -0.25) is 14.4 Å². The van der Waals surface area contributed by atoms with Crippen LogP contribution in [-0.4, -0.2) is 56.4 Å². The number of hydrogen-bond acceptors (Lipinski definition) is 7. The van der Waals surface area contributed by atoms with E-state index >= 15 is 0 Å². The molecule has 1 aliphatic rings. The summed E-state index contributed by atoms with van der Waals surface area (Å²) in [6, 6.07) is 8.06. The van der Waals surface area contributed by atoms with E-state index in [2.05, 4.69) is 21.2 Å². The molecule has 0 saturated carbocycles. The van der Waals surface area contributed by atoms with Crippen molar-refractivity contribution in [1.82, 2.24) is 10.7 Å². The maximum Gasteiger partial charge on any atom is 0.329 e. The summed E-state index contributed by atoms with van der Waals surface area (Å²) in [4.78, 5) is 36.3. The van der Waals surface area contributed by atoms with Gasteiger partial charge in [0.05, 0.1) is 22.5 Å². The molecule has 0 bridgehead atoms. The van der Waals surface area contributed by atoms with Gasteiger partial charge in [-0.25, -0.2) is 5.43 Å². The summed E-state index contributed by atoms with van der Waals surface area (Å²) in [6.07, 6.45) is 3.09. The molecular formula is C24H25Cl2IN4O6. The van der Waals surface area contributed by atoms with Crippen LogP contribution in [0, 0.1) is 3.57 Å². The fourth-order valence-electron chi connectivity index (χ4n) is 3.33. The van der Waals surface area contributed by atoms with Gasteiger partial charge < -0.3 is 24.8 Å². The van der Waals surface area contributed by atoms with Crippen LogP contribution in [0.4, 0.5) is 5.69 Å². The molecule has 10 nitrogen and oxygen atoms in total. The first kappa shape index (κ1) is 29.0. The lowest BCUT2D eigenvalue weighted by Gasteiger charge is -2.15. The van der Waals surface area contributed by atoms with Crippen molar-refractivity contribution in [3.63, 3.8) is 0 Å². The van der Waals surface area contributed by atoms with Crippen LogP contribution in [0.5, 0.6) is 11.5 Å². The smallest absolute Gasteiger partial charge is 0.329 e. The van der Waals surface area contributed by atoms with E-state index in [1.54, 1.807) is 30.3 Å². The summed E-state index contributed by atoms with van der Waals surface area (Å²) >= 11 is 14.0. The Kier molecular flexibility index (Phi) is 11.2. The van der Waals surface area contributed by atoms with Gasteiger partial charge in [0, 0.05) is 28.9 Å². The molecule has 37 heavy (non-hydrogen) atoms. The molecule has 3 N–H and O–H groups in total. The molecule has 0 spiro atoms. The van der Waals surface area contributed by atoms with Crippen LogP contribution in [0.25, 0.3) is 0 Å². The number of anilines is 1. The number of hydrogen-bond donors (Lipinski definition) is 3. The average molecular weight is 663 g/mol. The molecule has 1 atom stereocenters. The third-order valence-corrected chi connectivity index (χ3v) is 6.16. The Morgan fingerprint density at radius 2 is 1.89 bits per heavy atom. The molecule has 0 unspecified atom stereocenters. The highest BCUT2D eigenvalue weighted by atomic mass is 127. The Balaban J connectivity index is 1.57. The topological polar surface area (TPSA) is 127 Å². The molecular weight excluding hydrogens is 638 g/mol. The quantitative estimate of drug-likeness (QED) is 0.154. The zero-order chi connectivity index (χ0) is 26.8. The fraction of sp³-hybridized carbons (Fsp3) is 0.333. The van der Waals surface area contributed by atoms with E-state index in [9.17, 15) is 14.4 Å². The summed E-state index contributed by atoms with van der Waals surface area (Å²) in [6.45, 7) is 2.81. The van der Waals surface area contributed by atoms with E-state index in [-0.39, 0.29) is 19.3 Å². The molecule has 13 heteroatoms. The van der Waals surface area contributed by atoms with Crippen LogP contribution in [0.3, 0.4) is 0 Å². The lowest BCUT2D eigenvalue weighted by atomic mass is 10.2. The lowest BCUT2D eigenvalue weighted by Crippen LogP contribution is -2.41. The molecule has 1 aliphatic heterocycles. The van der Waals surface area contributed by atoms with Gasteiger partial charge in [-0.05, 0) is 78.3 Å². The lowest BCUT2D eigenvalue weighted by molar-refractivity contribution is -0.139. The second kappa shape index (κ2) is 14.4. The number of nitrogens with one attached hydrogen (secondary N) is 3. The van der Waals surface area contributed by atoms with Crippen LogP contribution in [0.2, 0.25) is 10.0 Å². The second-order valence-corrected chi connectivity index (χ2v) is 9.84. The number of halogens is 3. The minimum atomic E-state index is -0.888. The number of nitrogens with zero attached hydrogens (tertiary/aromatic N) is 1. The van der Waals surface area contributed by atoms with Gasteiger partial charge >= 0.3 is 11.8 Å². The SMILES string of the molecule is CCOc1cc(/C=N\NC(=O)C(=O)NC[C@H]2CCCO2)cc(I)c1OCC(=O)Nc1cc(Cl)cc(Cl)c1. The van der Waals surface area contributed by atoms with Crippen molar-refractivity contribution in [2.24, 2.45) is 5.10 Å². The van der Waals surface area contributed by atoms with Gasteiger partial charge in [0.25, 0.3) is 5.91 Å². The van der Waals surface area contributed by atoms with Crippen molar-refractivity contribution in [2.75, 3.05) is 31.7 Å². The Morgan fingerprint density at radius 3 is 2.57 bits per heavy atom. The number of carbonyl (C=O) groups is 3. The normalized spacial score (nSPS) is 14.9. The number of amides is 3. The predicted molar refractivity (Wildman–Crippen MR) is 149 cm³/mol. The van der Waals surface area contributed by atoms with E-state index in [1.807, 2.05) is 29.5 Å². The third kappa shape index (κ3) is 9.33. The van der Waals surface area contributed by atoms with Crippen LogP contribution < -0.4 is 25.5 Å². The molecule has 0 aliphatic carbocycles. The highest BCUT2D eigenvalue weighted by molar-refractivity contribution is 14.1. The largest absolute Gasteiger partial charge is 0.490 e. The Hall–Kier alpha value is -2.61. The van der Waals surface area contributed by atoms with Crippen molar-refractivity contribution in [3.05, 3.63) is 49.5 Å². The van der Waals surface area contributed by atoms with E-state index in [0.29, 0.717) is 49.6 Å². The maximum atomic E-state index is 12.4. The van der Waals surface area contributed by atoms with Crippen LogP contribution in [0.1, 0.15) is 25.3 Å².